The number of carbonyl (C=O) groups is 1. The van der Waals surface area contributed by atoms with Gasteiger partial charge in [0, 0.05) is 47.0 Å². The first-order chi connectivity index (χ1) is 12.2. The summed E-state index contributed by atoms with van der Waals surface area (Å²) in [6.45, 7) is 3.69. The second-order valence-corrected chi connectivity index (χ2v) is 7.35. The highest BCUT2D eigenvalue weighted by atomic mass is 35.5. The molecule has 5 heteroatoms. The van der Waals surface area contributed by atoms with Crippen LogP contribution >= 0.6 is 22.9 Å². The highest BCUT2D eigenvalue weighted by Gasteiger charge is 2.21. The fourth-order valence-corrected chi connectivity index (χ4v) is 4.54. The van der Waals surface area contributed by atoms with Crippen LogP contribution in [0.25, 0.3) is 21.1 Å². The van der Waals surface area contributed by atoms with E-state index in [1.165, 1.54) is 0 Å². The minimum atomic E-state index is 0.0890. The smallest absolute Gasteiger partial charge is 0.211 e. The lowest BCUT2D eigenvalue weighted by molar-refractivity contribution is 0.103. The summed E-state index contributed by atoms with van der Waals surface area (Å²) in [6, 6.07) is 12.2. The molecule has 0 aliphatic heterocycles. The molecule has 4 rings (SSSR count). The number of fused-ring (bicyclic) bond motifs is 2. The molecule has 0 aliphatic rings. The van der Waals surface area contributed by atoms with Crippen molar-refractivity contribution in [2.75, 3.05) is 5.88 Å². The number of nitrogens with zero attached hydrogens (tertiary/aromatic N) is 2. The van der Waals surface area contributed by atoms with Crippen molar-refractivity contribution in [3.63, 3.8) is 0 Å². The second kappa shape index (κ2) is 6.70. The molecule has 0 spiro atoms. The maximum atomic E-state index is 13.3. The number of rotatable bonds is 6. The van der Waals surface area contributed by atoms with E-state index >= 15 is 0 Å². The molecule has 3 heterocycles. The van der Waals surface area contributed by atoms with E-state index in [2.05, 4.69) is 33.6 Å². The van der Waals surface area contributed by atoms with Gasteiger partial charge in [-0.1, -0.05) is 18.2 Å². The van der Waals surface area contributed by atoms with Gasteiger partial charge in [0.2, 0.25) is 5.78 Å². The number of benzene rings is 1. The Morgan fingerprint density at radius 1 is 1.24 bits per heavy atom. The third-order valence-electron chi connectivity index (χ3n) is 4.62. The van der Waals surface area contributed by atoms with Gasteiger partial charge in [-0.05, 0) is 36.9 Å². The van der Waals surface area contributed by atoms with Crippen LogP contribution in [0.15, 0.2) is 48.0 Å². The van der Waals surface area contributed by atoms with E-state index in [4.69, 9.17) is 11.6 Å². The van der Waals surface area contributed by atoms with Crippen molar-refractivity contribution in [2.45, 2.75) is 26.4 Å². The first kappa shape index (κ1) is 16.4. The van der Waals surface area contributed by atoms with Crippen molar-refractivity contribution in [1.82, 2.24) is 9.13 Å². The van der Waals surface area contributed by atoms with E-state index in [1.807, 2.05) is 30.5 Å². The Hall–Kier alpha value is -2.04. The first-order valence-corrected chi connectivity index (χ1v) is 9.91. The number of halogens is 1. The van der Waals surface area contributed by atoms with Crippen LogP contribution < -0.4 is 0 Å². The Balaban J connectivity index is 1.85. The van der Waals surface area contributed by atoms with E-state index in [0.717, 1.165) is 51.9 Å². The average molecular weight is 371 g/mol. The van der Waals surface area contributed by atoms with Gasteiger partial charge >= 0.3 is 0 Å². The number of ketones is 1. The van der Waals surface area contributed by atoms with Gasteiger partial charge in [-0.15, -0.1) is 22.9 Å². The van der Waals surface area contributed by atoms with Crippen molar-refractivity contribution in [2.24, 2.45) is 0 Å². The van der Waals surface area contributed by atoms with E-state index in [1.54, 1.807) is 11.3 Å². The van der Waals surface area contributed by atoms with Gasteiger partial charge in [-0.2, -0.15) is 0 Å². The zero-order chi connectivity index (χ0) is 17.4. The fourth-order valence-electron chi connectivity index (χ4n) is 3.46. The van der Waals surface area contributed by atoms with E-state index in [0.29, 0.717) is 5.88 Å². The Bertz CT molecular complexity index is 1060. The molecule has 25 heavy (non-hydrogen) atoms. The fraction of sp³-hybridized carbons (Fsp3) is 0.250. The number of aryl methyl sites for hydroxylation is 2. The predicted octanol–water partition coefficient (Wildman–Crippen LogP) is 5.54. The number of hydrogen-bond donors (Lipinski definition) is 0. The Morgan fingerprint density at radius 3 is 2.88 bits per heavy atom. The minimum Gasteiger partial charge on any atom is -0.347 e. The number of aromatic nitrogens is 2. The summed E-state index contributed by atoms with van der Waals surface area (Å²) >= 11 is 7.54. The third kappa shape index (κ3) is 2.70. The normalized spacial score (nSPS) is 11.6. The molecule has 0 unspecified atom stereocenters. The molecule has 0 amide bonds. The maximum absolute atomic E-state index is 13.3. The molecule has 4 aromatic rings. The molecule has 3 aromatic heterocycles. The lowest BCUT2D eigenvalue weighted by atomic mass is 10.1. The van der Waals surface area contributed by atoms with Gasteiger partial charge in [0.25, 0.3) is 0 Å². The highest BCUT2D eigenvalue weighted by Crippen LogP contribution is 2.29. The van der Waals surface area contributed by atoms with E-state index in [9.17, 15) is 4.79 Å². The second-order valence-electron chi connectivity index (χ2n) is 6.08. The average Bonchev–Trinajstić information content (AvgIpc) is 3.31. The number of thiophene rings is 1. The molecule has 0 N–H and O–H groups in total. The summed E-state index contributed by atoms with van der Waals surface area (Å²) in [5.74, 6) is 0.705. The SMILES string of the molecule is CCn1c(C(=O)c2cn(CCCCl)c3ccccc23)cc2ccsc21. The number of hydrogen-bond acceptors (Lipinski definition) is 2. The van der Waals surface area contributed by atoms with Crippen LogP contribution in [0, 0.1) is 0 Å². The molecule has 0 fully saturated rings. The number of carbonyl (C=O) groups excluding carboxylic acids is 1. The summed E-state index contributed by atoms with van der Waals surface area (Å²) in [5.41, 5.74) is 2.63. The van der Waals surface area contributed by atoms with Gasteiger partial charge in [0.15, 0.2) is 0 Å². The summed E-state index contributed by atoms with van der Waals surface area (Å²) in [4.78, 5) is 14.5. The van der Waals surface area contributed by atoms with Crippen molar-refractivity contribution in [3.8, 4) is 0 Å². The van der Waals surface area contributed by atoms with Crippen LogP contribution in [-0.2, 0) is 13.1 Å². The van der Waals surface area contributed by atoms with Crippen LogP contribution in [-0.4, -0.2) is 20.8 Å². The molecule has 0 atom stereocenters. The van der Waals surface area contributed by atoms with Gasteiger partial charge < -0.3 is 9.13 Å². The van der Waals surface area contributed by atoms with Crippen LogP contribution in [0.5, 0.6) is 0 Å². The largest absolute Gasteiger partial charge is 0.347 e. The van der Waals surface area contributed by atoms with Crippen molar-refractivity contribution in [1.29, 1.82) is 0 Å². The quantitative estimate of drug-likeness (QED) is 0.323. The Morgan fingerprint density at radius 2 is 2.08 bits per heavy atom. The van der Waals surface area contributed by atoms with Crippen molar-refractivity contribution >= 4 is 49.8 Å². The summed E-state index contributed by atoms with van der Waals surface area (Å²) in [7, 11) is 0. The van der Waals surface area contributed by atoms with Crippen LogP contribution in [0.4, 0.5) is 0 Å². The maximum Gasteiger partial charge on any atom is 0.211 e. The minimum absolute atomic E-state index is 0.0890. The number of alkyl halides is 1. The molecular formula is C20H19ClN2OS. The Kier molecular flexibility index (Phi) is 4.40. The van der Waals surface area contributed by atoms with Crippen molar-refractivity contribution in [3.05, 3.63) is 59.2 Å². The summed E-state index contributed by atoms with van der Waals surface area (Å²) in [6.07, 6.45) is 2.87. The lowest BCUT2D eigenvalue weighted by Crippen LogP contribution is -2.08. The van der Waals surface area contributed by atoms with Crippen LogP contribution in [0.1, 0.15) is 29.4 Å². The molecule has 3 nitrogen and oxygen atoms in total. The monoisotopic (exact) mass is 370 g/mol. The summed E-state index contributed by atoms with van der Waals surface area (Å²) < 4.78 is 4.26. The van der Waals surface area contributed by atoms with Crippen LogP contribution in [0.2, 0.25) is 0 Å². The number of para-hydroxylation sites is 1. The molecule has 0 aliphatic carbocycles. The van der Waals surface area contributed by atoms with Gasteiger partial charge in [-0.3, -0.25) is 4.79 Å². The standard InChI is InChI=1S/C20H19ClN2OS/c1-2-23-18(12-14-8-11-25-20(14)23)19(24)16-13-22(10-5-9-21)17-7-4-3-6-15(16)17/h3-4,6-8,11-13H,2,5,9-10H2,1H3. The van der Waals surface area contributed by atoms with E-state index in [-0.39, 0.29) is 5.78 Å². The molecule has 0 saturated carbocycles. The third-order valence-corrected chi connectivity index (χ3v) is 5.84. The molecule has 128 valence electrons. The lowest BCUT2D eigenvalue weighted by Gasteiger charge is -2.05. The topological polar surface area (TPSA) is 26.9 Å². The predicted molar refractivity (Wildman–Crippen MR) is 106 cm³/mol. The van der Waals surface area contributed by atoms with Crippen LogP contribution in [0.3, 0.4) is 0 Å². The zero-order valence-electron chi connectivity index (χ0n) is 14.0. The Labute approximate surface area is 155 Å². The molecule has 1 aromatic carbocycles. The molecule has 0 saturated heterocycles. The molecule has 0 bridgehead atoms. The van der Waals surface area contributed by atoms with Gasteiger partial charge in [0.1, 0.15) is 4.83 Å². The molecular weight excluding hydrogens is 352 g/mol. The zero-order valence-corrected chi connectivity index (χ0v) is 15.6. The van der Waals surface area contributed by atoms with Gasteiger partial charge in [0.05, 0.1) is 5.69 Å². The van der Waals surface area contributed by atoms with Crippen molar-refractivity contribution < 1.29 is 4.79 Å². The summed E-state index contributed by atoms with van der Waals surface area (Å²) in [5, 5.41) is 4.22. The first-order valence-electron chi connectivity index (χ1n) is 8.50. The molecule has 0 radical (unpaired) electrons. The van der Waals surface area contributed by atoms with E-state index < -0.39 is 0 Å². The highest BCUT2D eigenvalue weighted by molar-refractivity contribution is 7.16. The van der Waals surface area contributed by atoms with Gasteiger partial charge in [-0.25, -0.2) is 0 Å².